The number of benzene rings is 3. The number of hydrogen-bond acceptors (Lipinski definition) is 5. The minimum atomic E-state index is -1.42. The molecule has 1 atom stereocenters. The molecule has 0 heterocycles. The predicted molar refractivity (Wildman–Crippen MR) is 139 cm³/mol. The van der Waals surface area contributed by atoms with Gasteiger partial charge in [-0.3, -0.25) is 4.79 Å². The quantitative estimate of drug-likeness (QED) is 0.368. The number of rotatable bonds is 12. The summed E-state index contributed by atoms with van der Waals surface area (Å²) in [6, 6.07) is 20.8. The average molecular weight is 478 g/mol. The van der Waals surface area contributed by atoms with E-state index >= 15 is 0 Å². The van der Waals surface area contributed by atoms with Crippen molar-refractivity contribution < 1.29 is 24.1 Å². The van der Waals surface area contributed by atoms with Crippen LogP contribution in [-0.2, 0) is 16.6 Å². The van der Waals surface area contributed by atoms with Gasteiger partial charge < -0.3 is 24.2 Å². The van der Waals surface area contributed by atoms with Crippen molar-refractivity contribution in [1.29, 1.82) is 0 Å². The number of aliphatic carboxylic acids is 1. The molecule has 0 fully saturated rings. The highest BCUT2D eigenvalue weighted by Crippen LogP contribution is 2.44. The molecule has 0 saturated carbocycles. The molecule has 0 spiro atoms. The standard InChI is InChI=1S/C29H35NO5/c1-6-30(7-2)23-15-16-24(26(19-23)35-8-3)29(28(31)32,20-21-12-10-9-11-13-21)22-14-17-25(33-4)27(18-22)34-5/h9-19H,6-8,20H2,1-5H3,(H,31,32). The van der Waals surface area contributed by atoms with Crippen LogP contribution in [-0.4, -0.2) is 45.0 Å². The molecule has 0 radical (unpaired) electrons. The molecule has 0 bridgehead atoms. The maximum Gasteiger partial charge on any atom is 0.319 e. The van der Waals surface area contributed by atoms with Gasteiger partial charge in [-0.05, 0) is 56.5 Å². The molecule has 0 aliphatic carbocycles. The fraction of sp³-hybridized carbons (Fsp3) is 0.345. The second kappa shape index (κ2) is 11.6. The molecule has 6 heteroatoms. The molecule has 6 nitrogen and oxygen atoms in total. The molecular formula is C29H35NO5. The lowest BCUT2D eigenvalue weighted by Gasteiger charge is -2.33. The molecule has 186 valence electrons. The number of carboxylic acids is 1. The van der Waals surface area contributed by atoms with E-state index in [4.69, 9.17) is 14.2 Å². The van der Waals surface area contributed by atoms with E-state index in [1.807, 2.05) is 55.5 Å². The van der Waals surface area contributed by atoms with Crippen molar-refractivity contribution in [2.24, 2.45) is 0 Å². The third-order valence-corrected chi connectivity index (χ3v) is 6.41. The van der Waals surface area contributed by atoms with Crippen LogP contribution < -0.4 is 19.1 Å². The zero-order chi connectivity index (χ0) is 25.4. The fourth-order valence-corrected chi connectivity index (χ4v) is 4.59. The van der Waals surface area contributed by atoms with E-state index in [0.29, 0.717) is 35.0 Å². The summed E-state index contributed by atoms with van der Waals surface area (Å²) in [5.41, 5.74) is 1.66. The van der Waals surface area contributed by atoms with Gasteiger partial charge in [-0.2, -0.15) is 0 Å². The first-order chi connectivity index (χ1) is 16.9. The van der Waals surface area contributed by atoms with Gasteiger partial charge in [0.05, 0.1) is 20.8 Å². The molecule has 0 amide bonds. The molecular weight excluding hydrogens is 442 g/mol. The normalized spacial score (nSPS) is 12.5. The van der Waals surface area contributed by atoms with Crippen LogP contribution in [0.25, 0.3) is 0 Å². The third-order valence-electron chi connectivity index (χ3n) is 6.41. The first-order valence-electron chi connectivity index (χ1n) is 12.0. The zero-order valence-corrected chi connectivity index (χ0v) is 21.2. The van der Waals surface area contributed by atoms with Gasteiger partial charge in [0, 0.05) is 30.4 Å². The van der Waals surface area contributed by atoms with Gasteiger partial charge in [-0.25, -0.2) is 0 Å². The molecule has 35 heavy (non-hydrogen) atoms. The summed E-state index contributed by atoms with van der Waals surface area (Å²) < 4.78 is 17.0. The van der Waals surface area contributed by atoms with Crippen LogP contribution in [0.1, 0.15) is 37.5 Å². The van der Waals surface area contributed by atoms with Crippen molar-refractivity contribution in [2.75, 3.05) is 38.8 Å². The van der Waals surface area contributed by atoms with Crippen LogP contribution in [0, 0.1) is 0 Å². The second-order valence-electron chi connectivity index (χ2n) is 8.23. The average Bonchev–Trinajstić information content (AvgIpc) is 2.88. The Morgan fingerprint density at radius 3 is 2.11 bits per heavy atom. The zero-order valence-electron chi connectivity index (χ0n) is 21.2. The monoisotopic (exact) mass is 477 g/mol. The largest absolute Gasteiger partial charge is 0.493 e. The summed E-state index contributed by atoms with van der Waals surface area (Å²) in [5, 5.41) is 10.9. The maximum atomic E-state index is 13.3. The topological polar surface area (TPSA) is 68.2 Å². The lowest BCUT2D eigenvalue weighted by Crippen LogP contribution is -2.40. The second-order valence-corrected chi connectivity index (χ2v) is 8.23. The first kappa shape index (κ1) is 25.9. The smallest absolute Gasteiger partial charge is 0.319 e. The van der Waals surface area contributed by atoms with Crippen LogP contribution >= 0.6 is 0 Å². The Bertz CT molecular complexity index is 1130. The van der Waals surface area contributed by atoms with Crippen molar-refractivity contribution >= 4 is 11.7 Å². The Hall–Kier alpha value is -3.67. The SMILES string of the molecule is CCOc1cc(N(CC)CC)ccc1C(Cc1ccccc1)(C(=O)O)c1ccc(OC)c(OC)c1. The van der Waals surface area contributed by atoms with Crippen molar-refractivity contribution in [1.82, 2.24) is 0 Å². The molecule has 0 aliphatic rings. The summed E-state index contributed by atoms with van der Waals surface area (Å²) in [5.74, 6) is 0.605. The number of ether oxygens (including phenoxy) is 3. The van der Waals surface area contributed by atoms with Gasteiger partial charge in [0.25, 0.3) is 0 Å². The van der Waals surface area contributed by atoms with Crippen molar-refractivity contribution in [3.05, 3.63) is 83.4 Å². The Balaban J connectivity index is 2.34. The highest BCUT2D eigenvalue weighted by molar-refractivity contribution is 5.88. The maximum absolute atomic E-state index is 13.3. The van der Waals surface area contributed by atoms with Crippen LogP contribution in [0.15, 0.2) is 66.7 Å². The summed E-state index contributed by atoms with van der Waals surface area (Å²) in [4.78, 5) is 15.5. The van der Waals surface area contributed by atoms with E-state index in [0.717, 1.165) is 24.3 Å². The number of nitrogens with zero attached hydrogens (tertiary/aromatic N) is 1. The van der Waals surface area contributed by atoms with Gasteiger partial charge in [0.15, 0.2) is 11.5 Å². The molecule has 3 aromatic carbocycles. The number of hydrogen-bond donors (Lipinski definition) is 1. The van der Waals surface area contributed by atoms with Crippen LogP contribution in [0.2, 0.25) is 0 Å². The van der Waals surface area contributed by atoms with Crippen LogP contribution in [0.5, 0.6) is 17.2 Å². The Morgan fingerprint density at radius 1 is 0.857 bits per heavy atom. The van der Waals surface area contributed by atoms with E-state index in [2.05, 4.69) is 18.7 Å². The van der Waals surface area contributed by atoms with Crippen molar-refractivity contribution in [3.8, 4) is 17.2 Å². The summed E-state index contributed by atoms with van der Waals surface area (Å²) in [7, 11) is 3.11. The van der Waals surface area contributed by atoms with E-state index < -0.39 is 11.4 Å². The number of anilines is 1. The first-order valence-corrected chi connectivity index (χ1v) is 12.0. The molecule has 3 aromatic rings. The van der Waals surface area contributed by atoms with Crippen molar-refractivity contribution in [3.63, 3.8) is 0 Å². The Morgan fingerprint density at radius 2 is 1.54 bits per heavy atom. The summed E-state index contributed by atoms with van der Waals surface area (Å²) in [6.45, 7) is 8.19. The van der Waals surface area contributed by atoms with E-state index in [-0.39, 0.29) is 6.42 Å². The van der Waals surface area contributed by atoms with Crippen molar-refractivity contribution in [2.45, 2.75) is 32.6 Å². The van der Waals surface area contributed by atoms with Gasteiger partial charge in [-0.15, -0.1) is 0 Å². The van der Waals surface area contributed by atoms with E-state index in [1.165, 1.54) is 0 Å². The molecule has 1 unspecified atom stereocenters. The molecule has 0 aromatic heterocycles. The summed E-state index contributed by atoms with van der Waals surface area (Å²) in [6.07, 6.45) is 0.239. The minimum Gasteiger partial charge on any atom is -0.493 e. The lowest BCUT2D eigenvalue weighted by atomic mass is 9.70. The summed E-state index contributed by atoms with van der Waals surface area (Å²) >= 11 is 0. The Kier molecular flexibility index (Phi) is 8.63. The minimum absolute atomic E-state index is 0.239. The van der Waals surface area contributed by atoms with Gasteiger partial charge in [-0.1, -0.05) is 42.5 Å². The molecule has 0 aliphatic heterocycles. The van der Waals surface area contributed by atoms with Gasteiger partial charge >= 0.3 is 5.97 Å². The van der Waals surface area contributed by atoms with Gasteiger partial charge in [0.1, 0.15) is 11.2 Å². The van der Waals surface area contributed by atoms with Gasteiger partial charge in [0.2, 0.25) is 0 Å². The number of methoxy groups -OCH3 is 2. The highest BCUT2D eigenvalue weighted by atomic mass is 16.5. The molecule has 0 saturated heterocycles. The van der Waals surface area contributed by atoms with E-state index in [1.54, 1.807) is 32.4 Å². The van der Waals surface area contributed by atoms with E-state index in [9.17, 15) is 9.90 Å². The molecule has 3 rings (SSSR count). The fourth-order valence-electron chi connectivity index (χ4n) is 4.59. The lowest BCUT2D eigenvalue weighted by molar-refractivity contribution is -0.142. The number of carboxylic acid groups (broad SMARTS) is 1. The number of carbonyl (C=O) groups is 1. The van der Waals surface area contributed by atoms with Crippen LogP contribution in [0.4, 0.5) is 5.69 Å². The molecule has 1 N–H and O–H groups in total. The highest BCUT2D eigenvalue weighted by Gasteiger charge is 2.45. The Labute approximate surface area is 208 Å². The predicted octanol–water partition coefficient (Wildman–Crippen LogP) is 5.56. The van der Waals surface area contributed by atoms with Crippen LogP contribution in [0.3, 0.4) is 0 Å². The third kappa shape index (κ3) is 5.21.